The van der Waals surface area contributed by atoms with Gasteiger partial charge in [0.1, 0.15) is 0 Å². The first-order chi connectivity index (χ1) is 12.3. The summed E-state index contributed by atoms with van der Waals surface area (Å²) in [6, 6.07) is 0. The normalized spacial score (nSPS) is 10.4. The van der Waals surface area contributed by atoms with E-state index in [1.54, 1.807) is 6.92 Å². The monoisotopic (exact) mass is 402 g/mol. The predicted octanol–water partition coefficient (Wildman–Crippen LogP) is -3.59. The van der Waals surface area contributed by atoms with Gasteiger partial charge in [0.2, 0.25) is 0 Å². The van der Waals surface area contributed by atoms with E-state index in [2.05, 4.69) is 16.0 Å². The summed E-state index contributed by atoms with van der Waals surface area (Å²) in [4.78, 5) is 0. The molecule has 0 atom stereocenters. The molecule has 0 aliphatic heterocycles. The molecule has 0 spiro atoms. The first kappa shape index (κ1) is 27.5. The molecule has 0 fully saturated rings. The Kier molecular flexibility index (Phi) is 29.2. The van der Waals surface area contributed by atoms with Crippen molar-refractivity contribution in [1.29, 1.82) is 0 Å². The van der Waals surface area contributed by atoms with E-state index >= 15 is 0 Å². The molecule has 10 nitrogen and oxygen atoms in total. The molecule has 0 unspecified atom stereocenters. The third-order valence-electron chi connectivity index (χ3n) is 2.46. The standard InChI is InChI=1S/3C4H11N2O.C2H5O.Ti/c3*5-1-2-6-3-4-7;1-2-3;/h3*6H,1-5H2;2H2,1H3;/q4*-1;+4. The zero-order valence-electron chi connectivity index (χ0n) is 15.6. The summed E-state index contributed by atoms with van der Waals surface area (Å²) < 4.78 is 17.1. The number of hydrogen-bond donors (Lipinski definition) is 6. The van der Waals surface area contributed by atoms with Crippen molar-refractivity contribution in [3.63, 3.8) is 0 Å². The van der Waals surface area contributed by atoms with Gasteiger partial charge < -0.3 is 5.11 Å². The van der Waals surface area contributed by atoms with Crippen LogP contribution in [-0.2, 0) is 29.0 Å². The van der Waals surface area contributed by atoms with E-state index in [0.29, 0.717) is 39.5 Å². The summed E-state index contributed by atoms with van der Waals surface area (Å²) in [7, 11) is 0. The SMILES string of the molecule is CC[O-].NCCNCC[O][Ti+]([O]CCNCCN)[O]CCNCCN. The zero-order valence-corrected chi connectivity index (χ0v) is 17.1. The summed E-state index contributed by atoms with van der Waals surface area (Å²) in [5, 5.41) is 18.4. The Labute approximate surface area is 159 Å². The molecule has 0 amide bonds. The number of nitrogens with two attached hydrogens (primary N) is 3. The molecule has 0 heterocycles. The van der Waals surface area contributed by atoms with Crippen LogP contribution in [0.4, 0.5) is 0 Å². The van der Waals surface area contributed by atoms with Crippen molar-refractivity contribution >= 4 is 0 Å². The Morgan fingerprint density at radius 1 is 0.680 bits per heavy atom. The van der Waals surface area contributed by atoms with E-state index in [1.807, 2.05) is 0 Å². The molecular formula is C14H38N6O4Ti. The minimum absolute atomic E-state index is 0. The summed E-state index contributed by atoms with van der Waals surface area (Å²) in [5.41, 5.74) is 16.2. The van der Waals surface area contributed by atoms with Crippen LogP contribution < -0.4 is 38.3 Å². The molecule has 0 saturated heterocycles. The molecular weight excluding hydrogens is 364 g/mol. The first-order valence-corrected chi connectivity index (χ1v) is 10.7. The molecule has 9 N–H and O–H groups in total. The van der Waals surface area contributed by atoms with Gasteiger partial charge in [0.05, 0.1) is 0 Å². The topological polar surface area (TPSA) is 165 Å². The Balaban J connectivity index is 0. The average Bonchev–Trinajstić information content (AvgIpc) is 2.61. The third-order valence-corrected chi connectivity index (χ3v) is 4.52. The van der Waals surface area contributed by atoms with Gasteiger partial charge in [-0.2, -0.15) is 0 Å². The fourth-order valence-corrected chi connectivity index (χ4v) is 3.08. The van der Waals surface area contributed by atoms with Gasteiger partial charge in [0.25, 0.3) is 0 Å². The van der Waals surface area contributed by atoms with E-state index in [9.17, 15) is 0 Å². The van der Waals surface area contributed by atoms with Crippen LogP contribution in [0.1, 0.15) is 6.92 Å². The van der Waals surface area contributed by atoms with Gasteiger partial charge in [-0.3, -0.25) is 0 Å². The fourth-order valence-electron chi connectivity index (χ4n) is 1.43. The molecule has 0 aliphatic carbocycles. The number of nitrogens with one attached hydrogen (secondary N) is 3. The van der Waals surface area contributed by atoms with Gasteiger partial charge in [0.15, 0.2) is 0 Å². The van der Waals surface area contributed by atoms with Gasteiger partial charge in [-0.25, -0.2) is 0 Å². The van der Waals surface area contributed by atoms with Crippen molar-refractivity contribution in [2.45, 2.75) is 6.92 Å². The molecule has 0 radical (unpaired) electrons. The van der Waals surface area contributed by atoms with Crippen LogP contribution >= 0.6 is 0 Å². The van der Waals surface area contributed by atoms with Gasteiger partial charge in [-0.05, 0) is 0 Å². The van der Waals surface area contributed by atoms with E-state index in [4.69, 9.17) is 32.3 Å². The molecule has 11 heteroatoms. The molecule has 25 heavy (non-hydrogen) atoms. The summed E-state index contributed by atoms with van der Waals surface area (Å²) in [6.45, 7) is 9.74. The summed E-state index contributed by atoms with van der Waals surface area (Å²) >= 11 is -2.39. The molecule has 0 aromatic heterocycles. The van der Waals surface area contributed by atoms with E-state index in [1.165, 1.54) is 0 Å². The van der Waals surface area contributed by atoms with Gasteiger partial charge in [0, 0.05) is 0 Å². The summed E-state index contributed by atoms with van der Waals surface area (Å²) in [5.74, 6) is 0. The van der Waals surface area contributed by atoms with Crippen LogP contribution in [0.5, 0.6) is 0 Å². The Hall–Kier alpha value is 0.314. The van der Waals surface area contributed by atoms with Crippen LogP contribution in [0.15, 0.2) is 0 Å². The van der Waals surface area contributed by atoms with Crippen molar-refractivity contribution in [3.8, 4) is 0 Å². The Bertz CT molecular complexity index is 202. The quantitative estimate of drug-likeness (QED) is 0.0997. The third kappa shape index (κ3) is 26.6. The van der Waals surface area contributed by atoms with Crippen molar-refractivity contribution in [2.24, 2.45) is 17.2 Å². The second kappa shape index (κ2) is 26.5. The Morgan fingerprint density at radius 3 is 1.20 bits per heavy atom. The second-order valence-electron chi connectivity index (χ2n) is 4.70. The van der Waals surface area contributed by atoms with Gasteiger partial charge in [-0.15, -0.1) is 6.61 Å². The number of hydrogen-bond acceptors (Lipinski definition) is 10. The van der Waals surface area contributed by atoms with Crippen LogP contribution in [0.3, 0.4) is 0 Å². The van der Waals surface area contributed by atoms with Gasteiger partial charge in [-0.1, -0.05) is 6.92 Å². The van der Waals surface area contributed by atoms with Crippen molar-refractivity contribution < 1.29 is 34.1 Å². The van der Waals surface area contributed by atoms with Gasteiger partial charge >= 0.3 is 141 Å². The molecule has 0 aromatic carbocycles. The molecule has 0 aromatic rings. The van der Waals surface area contributed by atoms with Crippen LogP contribution in [0.2, 0.25) is 0 Å². The van der Waals surface area contributed by atoms with Crippen LogP contribution in [0, 0.1) is 0 Å². The maximum absolute atomic E-state index is 8.93. The van der Waals surface area contributed by atoms with Crippen molar-refractivity contribution in [3.05, 3.63) is 0 Å². The zero-order chi connectivity index (χ0) is 19.0. The second-order valence-corrected chi connectivity index (χ2v) is 6.83. The van der Waals surface area contributed by atoms with Crippen LogP contribution in [0.25, 0.3) is 0 Å². The molecule has 0 rings (SSSR count). The average molecular weight is 402 g/mol. The number of rotatable bonds is 18. The maximum atomic E-state index is 8.93. The molecule has 0 bridgehead atoms. The fraction of sp³-hybridized carbons (Fsp3) is 1.00. The van der Waals surface area contributed by atoms with E-state index in [0.717, 1.165) is 39.3 Å². The van der Waals surface area contributed by atoms with E-state index < -0.39 is 19.0 Å². The molecule has 152 valence electrons. The van der Waals surface area contributed by atoms with Crippen molar-refractivity contribution in [2.75, 3.05) is 85.3 Å². The Morgan fingerprint density at radius 2 is 0.960 bits per heavy atom. The predicted molar refractivity (Wildman–Crippen MR) is 94.2 cm³/mol. The molecule has 0 saturated carbocycles. The summed E-state index contributed by atoms with van der Waals surface area (Å²) in [6.07, 6.45) is 0. The van der Waals surface area contributed by atoms with E-state index in [-0.39, 0.29) is 6.61 Å². The first-order valence-electron chi connectivity index (χ1n) is 8.82. The minimum atomic E-state index is -2.39. The van der Waals surface area contributed by atoms with Crippen LogP contribution in [-0.4, -0.2) is 85.3 Å². The van der Waals surface area contributed by atoms with Crippen molar-refractivity contribution in [1.82, 2.24) is 16.0 Å². The molecule has 0 aliphatic rings.